The zero-order chi connectivity index (χ0) is 27.8. The zero-order valence-electron chi connectivity index (χ0n) is 21.2. The molecule has 2 heterocycles. The van der Waals surface area contributed by atoms with Gasteiger partial charge in [-0.3, -0.25) is 9.00 Å². The van der Waals surface area contributed by atoms with E-state index in [0.717, 1.165) is 27.5 Å². The summed E-state index contributed by atoms with van der Waals surface area (Å²) in [5.74, 6) is -0.366. The second-order valence-corrected chi connectivity index (χ2v) is 11.4. The molecule has 0 aliphatic carbocycles. The van der Waals surface area contributed by atoms with Gasteiger partial charge in [-0.05, 0) is 42.0 Å². The van der Waals surface area contributed by atoms with Crippen molar-refractivity contribution in [2.75, 3.05) is 11.8 Å². The highest BCUT2D eigenvalue weighted by molar-refractivity contribution is 8.02. The first-order chi connectivity index (χ1) is 18.8. The Morgan fingerprint density at radius 2 is 1.82 bits per heavy atom. The van der Waals surface area contributed by atoms with Crippen LogP contribution in [0.1, 0.15) is 27.2 Å². The molecule has 206 valence electrons. The van der Waals surface area contributed by atoms with E-state index in [0.29, 0.717) is 12.1 Å². The minimum atomic E-state index is -2.42. The molecule has 2 amide bonds. The predicted octanol–water partition coefficient (Wildman–Crippen LogP) is 3.53. The third kappa shape index (κ3) is 8.30. The molecule has 0 saturated carbocycles. The monoisotopic (exact) mass is 586 g/mol. The third-order valence-electron chi connectivity index (χ3n) is 5.90. The van der Waals surface area contributed by atoms with Crippen molar-refractivity contribution in [3.63, 3.8) is 0 Å². The Bertz CT molecular complexity index is 1330. The van der Waals surface area contributed by atoms with E-state index in [1.807, 2.05) is 48.0 Å². The van der Waals surface area contributed by atoms with Crippen molar-refractivity contribution in [2.24, 2.45) is 0 Å². The number of hydrogen-bond donors (Lipinski definition) is 4. The van der Waals surface area contributed by atoms with E-state index in [4.69, 9.17) is 4.74 Å². The van der Waals surface area contributed by atoms with Crippen LogP contribution in [-0.4, -0.2) is 44.9 Å². The van der Waals surface area contributed by atoms with E-state index >= 15 is 0 Å². The molecular weight excluding hydrogens is 559 g/mol. The summed E-state index contributed by atoms with van der Waals surface area (Å²) in [4.78, 5) is 30.2. The Labute approximate surface area is 237 Å². The largest absolute Gasteiger partial charge is 0.755 e. The van der Waals surface area contributed by atoms with E-state index in [1.165, 1.54) is 7.11 Å². The smallest absolute Gasteiger partial charge is 0.407 e. The van der Waals surface area contributed by atoms with Gasteiger partial charge in [0, 0.05) is 34.5 Å². The van der Waals surface area contributed by atoms with Crippen molar-refractivity contribution in [1.29, 1.82) is 0 Å². The Morgan fingerprint density at radius 1 is 1.10 bits per heavy atom. The third-order valence-corrected chi connectivity index (χ3v) is 8.11. The molecule has 10 nitrogen and oxygen atoms in total. The number of thioether (sulfide) groups is 1. The Balaban J connectivity index is 1.54. The fourth-order valence-corrected chi connectivity index (χ4v) is 6.03. The van der Waals surface area contributed by atoms with Crippen molar-refractivity contribution in [2.45, 2.75) is 37.2 Å². The molecule has 39 heavy (non-hydrogen) atoms. The van der Waals surface area contributed by atoms with Gasteiger partial charge in [0.2, 0.25) is 5.91 Å². The maximum Gasteiger partial charge on any atom is 0.407 e. The SMILES string of the molecule is COC(=O)N[C@@H](Cc1ccccc1)C(=O)N[C@@H](Cc1ccc(NS(=O)[O-])cc1)C1=CSC(c2csc(C)n2)N1. The Morgan fingerprint density at radius 3 is 2.46 bits per heavy atom. The highest BCUT2D eigenvalue weighted by Gasteiger charge is 2.30. The number of carbonyl (C=O) groups excluding carboxylic acids is 2. The first-order valence-corrected chi connectivity index (χ1v) is 14.9. The topological polar surface area (TPSA) is 145 Å². The minimum Gasteiger partial charge on any atom is -0.755 e. The number of thiazole rings is 1. The average molecular weight is 587 g/mol. The van der Waals surface area contributed by atoms with Crippen LogP contribution in [0.3, 0.4) is 0 Å². The van der Waals surface area contributed by atoms with E-state index in [9.17, 15) is 18.4 Å². The van der Waals surface area contributed by atoms with Crippen molar-refractivity contribution in [3.05, 3.63) is 92.9 Å². The Kier molecular flexibility index (Phi) is 9.98. The molecule has 4 N–H and O–H groups in total. The summed E-state index contributed by atoms with van der Waals surface area (Å²) in [7, 11) is 1.25. The van der Waals surface area contributed by atoms with Crippen LogP contribution in [0, 0.1) is 6.92 Å². The summed E-state index contributed by atoms with van der Waals surface area (Å²) < 4.78 is 29.0. The lowest BCUT2D eigenvalue weighted by molar-refractivity contribution is -0.123. The molecule has 3 aromatic rings. The second-order valence-electron chi connectivity index (χ2n) is 8.70. The molecule has 0 radical (unpaired) electrons. The summed E-state index contributed by atoms with van der Waals surface area (Å²) >= 11 is 0.721. The second kappa shape index (κ2) is 13.6. The number of nitrogens with zero attached hydrogens (tertiary/aromatic N) is 1. The number of nitrogens with one attached hydrogen (secondary N) is 4. The number of aromatic nitrogens is 1. The molecule has 1 aromatic heterocycles. The van der Waals surface area contributed by atoms with Gasteiger partial charge in [0.05, 0.1) is 23.9 Å². The van der Waals surface area contributed by atoms with E-state index in [-0.39, 0.29) is 17.7 Å². The quantitative estimate of drug-likeness (QED) is 0.250. The molecule has 4 rings (SSSR count). The molecule has 0 saturated heterocycles. The average Bonchev–Trinajstić information content (AvgIpc) is 3.58. The first-order valence-electron chi connectivity index (χ1n) is 12.0. The maximum atomic E-state index is 13.6. The van der Waals surface area contributed by atoms with Gasteiger partial charge in [0.1, 0.15) is 11.4 Å². The molecule has 0 fully saturated rings. The number of alkyl carbamates (subject to hydrolysis) is 1. The number of benzene rings is 2. The highest BCUT2D eigenvalue weighted by Crippen LogP contribution is 2.36. The van der Waals surface area contributed by atoms with Crippen LogP contribution in [-0.2, 0) is 33.6 Å². The normalized spacial score (nSPS) is 16.8. The van der Waals surface area contributed by atoms with Crippen LogP contribution in [0.25, 0.3) is 0 Å². The van der Waals surface area contributed by atoms with E-state index in [2.05, 4.69) is 25.7 Å². The number of carbonyl (C=O) groups is 2. The molecule has 13 heteroatoms. The van der Waals surface area contributed by atoms with E-state index < -0.39 is 29.4 Å². The van der Waals surface area contributed by atoms with Crippen molar-refractivity contribution >= 4 is 52.1 Å². The molecule has 1 aliphatic heterocycles. The molecule has 1 aliphatic rings. The molecule has 4 atom stereocenters. The fourth-order valence-electron chi connectivity index (χ4n) is 4.00. The number of amides is 2. The van der Waals surface area contributed by atoms with Gasteiger partial charge in [-0.2, -0.15) is 0 Å². The predicted molar refractivity (Wildman–Crippen MR) is 152 cm³/mol. The number of methoxy groups -OCH3 is 1. The zero-order valence-corrected chi connectivity index (χ0v) is 23.7. The van der Waals surface area contributed by atoms with Crippen molar-refractivity contribution in [1.82, 2.24) is 20.9 Å². The summed E-state index contributed by atoms with van der Waals surface area (Å²) in [6.45, 7) is 1.95. The first kappa shape index (κ1) is 28.6. The minimum absolute atomic E-state index is 0.0868. The standard InChI is InChI=1S/C26H29N5O5S3/c1-16-27-23(15-37-16)25-29-22(14-38-25)20(12-18-8-10-19(11-9-18)31-39(34)35)28-24(32)21(30-26(33)36-2)13-17-6-4-3-5-7-17/h3-11,14-15,20-21,25,29,31H,12-13H2,1-2H3,(H,28,32)(H,30,33)(H,34,35)/p-1/t20-,21-,25?/m0/s1. The maximum absolute atomic E-state index is 13.6. The number of anilines is 1. The van der Waals surface area contributed by atoms with Gasteiger partial charge < -0.3 is 30.0 Å². The van der Waals surface area contributed by atoms with Crippen LogP contribution in [0.2, 0.25) is 0 Å². The lowest BCUT2D eigenvalue weighted by Gasteiger charge is -2.25. The van der Waals surface area contributed by atoms with Gasteiger partial charge in [0.15, 0.2) is 0 Å². The summed E-state index contributed by atoms with van der Waals surface area (Å²) in [5, 5.41) is 14.1. The number of rotatable bonds is 11. The lowest BCUT2D eigenvalue weighted by atomic mass is 10.0. The lowest BCUT2D eigenvalue weighted by Crippen LogP contribution is -2.52. The summed E-state index contributed by atoms with van der Waals surface area (Å²) in [6, 6.07) is 15.0. The van der Waals surface area contributed by atoms with Gasteiger partial charge in [0.25, 0.3) is 0 Å². The van der Waals surface area contributed by atoms with Crippen molar-refractivity contribution in [3.8, 4) is 0 Å². The van der Waals surface area contributed by atoms with Crippen LogP contribution in [0.4, 0.5) is 10.5 Å². The van der Waals surface area contributed by atoms with Crippen LogP contribution in [0.5, 0.6) is 0 Å². The molecular formula is C26H28N5O5S3-. The molecule has 0 bridgehead atoms. The number of hydrogen-bond acceptors (Lipinski definition) is 9. The van der Waals surface area contributed by atoms with Crippen LogP contribution in [0.15, 0.2) is 71.1 Å². The van der Waals surface area contributed by atoms with Gasteiger partial charge in [-0.25, -0.2) is 9.78 Å². The van der Waals surface area contributed by atoms with Crippen LogP contribution >= 0.6 is 23.1 Å². The van der Waals surface area contributed by atoms with E-state index in [1.54, 1.807) is 47.4 Å². The summed E-state index contributed by atoms with van der Waals surface area (Å²) in [5.41, 5.74) is 3.92. The van der Waals surface area contributed by atoms with Gasteiger partial charge in [-0.15, -0.1) is 23.1 Å². The van der Waals surface area contributed by atoms with Crippen LogP contribution < -0.4 is 20.7 Å². The fraction of sp³-hybridized carbons (Fsp3) is 0.269. The molecule has 2 aromatic carbocycles. The molecule has 2 unspecified atom stereocenters. The Hall–Kier alpha value is -3.39. The van der Waals surface area contributed by atoms with Gasteiger partial charge >= 0.3 is 6.09 Å². The number of aryl methyl sites for hydroxylation is 1. The highest BCUT2D eigenvalue weighted by atomic mass is 32.2. The molecule has 0 spiro atoms. The van der Waals surface area contributed by atoms with Gasteiger partial charge in [-0.1, -0.05) is 42.5 Å². The van der Waals surface area contributed by atoms with Crippen molar-refractivity contribution < 1.29 is 23.1 Å². The summed E-state index contributed by atoms with van der Waals surface area (Å²) in [6.07, 6.45) is 0.00269. The number of ether oxygens (including phenoxy) is 1.